The molecule has 1 heterocycles. The molecule has 1 saturated heterocycles. The van der Waals surface area contributed by atoms with E-state index in [0.29, 0.717) is 0 Å². The Kier molecular flexibility index (Phi) is 4.64. The van der Waals surface area contributed by atoms with Crippen LogP contribution in [0.25, 0.3) is 0 Å². The van der Waals surface area contributed by atoms with Crippen LogP contribution in [0.4, 0.5) is 0 Å². The van der Waals surface area contributed by atoms with Gasteiger partial charge >= 0.3 is 0 Å². The zero-order valence-corrected chi connectivity index (χ0v) is 11.3. The van der Waals surface area contributed by atoms with Crippen molar-refractivity contribution in [1.82, 2.24) is 4.90 Å². The normalized spacial score (nSPS) is 26.0. The lowest BCUT2D eigenvalue weighted by atomic mass is 9.82. The lowest BCUT2D eigenvalue weighted by Crippen LogP contribution is -2.40. The van der Waals surface area contributed by atoms with Gasteiger partial charge in [0.15, 0.2) is 0 Å². The summed E-state index contributed by atoms with van der Waals surface area (Å²) in [6.07, 6.45) is 5.90. The van der Waals surface area contributed by atoms with Crippen molar-refractivity contribution in [3.8, 4) is 0 Å². The van der Waals surface area contributed by atoms with Crippen LogP contribution in [-0.2, 0) is 0 Å². The highest BCUT2D eigenvalue weighted by Crippen LogP contribution is 2.54. The Balaban J connectivity index is 0.000000531. The van der Waals surface area contributed by atoms with Crippen molar-refractivity contribution < 1.29 is 0 Å². The summed E-state index contributed by atoms with van der Waals surface area (Å²) in [6, 6.07) is 0.757. The summed E-state index contributed by atoms with van der Waals surface area (Å²) in [5.74, 6) is 1.04. The van der Waals surface area contributed by atoms with E-state index < -0.39 is 0 Å². The highest BCUT2D eigenvalue weighted by atomic mass is 15.1. The van der Waals surface area contributed by atoms with Crippen molar-refractivity contribution in [1.29, 1.82) is 0 Å². The maximum Gasteiger partial charge on any atom is 0.00385 e. The van der Waals surface area contributed by atoms with E-state index in [1.54, 1.807) is 0 Å². The number of hydrogen-bond acceptors (Lipinski definition) is 1. The zero-order chi connectivity index (χ0) is 11.5. The van der Waals surface area contributed by atoms with Gasteiger partial charge in [-0.1, -0.05) is 20.8 Å². The highest BCUT2D eigenvalue weighted by molar-refractivity contribution is 4.96. The molecule has 0 N–H and O–H groups in total. The van der Waals surface area contributed by atoms with Gasteiger partial charge in [-0.25, -0.2) is 0 Å². The first kappa shape index (κ1) is 13.0. The van der Waals surface area contributed by atoms with Crippen LogP contribution in [0, 0.1) is 11.3 Å². The first-order valence-corrected chi connectivity index (χ1v) is 6.86. The molecule has 2 rings (SSSR count). The number of nitrogens with zero attached hydrogens (tertiary/aromatic N) is 1. The summed E-state index contributed by atoms with van der Waals surface area (Å²) in [7, 11) is 0. The molecule has 1 aliphatic heterocycles. The molecule has 0 bridgehead atoms. The quantitative estimate of drug-likeness (QED) is 0.669. The second kappa shape index (κ2) is 5.34. The van der Waals surface area contributed by atoms with E-state index in [2.05, 4.69) is 25.7 Å². The monoisotopic (exact) mass is 211 g/mol. The summed E-state index contributed by atoms with van der Waals surface area (Å²) in [4.78, 5) is 2.63. The number of hydrogen-bond donors (Lipinski definition) is 0. The summed E-state index contributed by atoms with van der Waals surface area (Å²) in [5.41, 5.74) is 0.767. The summed E-state index contributed by atoms with van der Waals surface area (Å²) in [5, 5.41) is 0. The predicted molar refractivity (Wildman–Crippen MR) is 68.1 cm³/mol. The van der Waals surface area contributed by atoms with Gasteiger partial charge in [-0.05, 0) is 64.0 Å². The third kappa shape index (κ3) is 3.21. The van der Waals surface area contributed by atoms with Gasteiger partial charge in [0.1, 0.15) is 0 Å². The second-order valence-corrected chi connectivity index (χ2v) is 5.56. The molecule has 2 aliphatic rings. The number of likely N-dealkylation sites (tertiary alicyclic amines) is 1. The minimum atomic E-state index is 0.757. The maximum absolute atomic E-state index is 2.63. The van der Waals surface area contributed by atoms with Crippen LogP contribution in [0.3, 0.4) is 0 Å². The summed E-state index contributed by atoms with van der Waals surface area (Å²) >= 11 is 0. The van der Waals surface area contributed by atoms with Gasteiger partial charge in [0.2, 0.25) is 0 Å². The van der Waals surface area contributed by atoms with Crippen LogP contribution in [0.15, 0.2) is 0 Å². The van der Waals surface area contributed by atoms with Crippen molar-refractivity contribution in [3.63, 3.8) is 0 Å². The Hall–Kier alpha value is -0.0400. The van der Waals surface area contributed by atoms with Gasteiger partial charge in [0.25, 0.3) is 0 Å². The zero-order valence-electron chi connectivity index (χ0n) is 11.3. The molecule has 0 unspecified atom stereocenters. The molecule has 0 atom stereocenters. The molecule has 90 valence electrons. The maximum atomic E-state index is 2.63. The van der Waals surface area contributed by atoms with E-state index in [-0.39, 0.29) is 0 Å². The Labute approximate surface area is 96.2 Å². The van der Waals surface area contributed by atoms with Crippen molar-refractivity contribution in [3.05, 3.63) is 0 Å². The minimum absolute atomic E-state index is 0.757. The van der Waals surface area contributed by atoms with Gasteiger partial charge < -0.3 is 4.90 Å². The standard InChI is InChI=1S/C12H23N.C2H6/c1-10(2)13-8-4-11(5-9-13)12(3)6-7-12;1-2/h10-11H,4-9H2,1-3H3;1-2H3. The molecular weight excluding hydrogens is 182 g/mol. The van der Waals surface area contributed by atoms with E-state index in [1.807, 2.05) is 13.8 Å². The van der Waals surface area contributed by atoms with Gasteiger partial charge in [-0.15, -0.1) is 0 Å². The first-order valence-electron chi connectivity index (χ1n) is 6.86. The lowest BCUT2D eigenvalue weighted by molar-refractivity contribution is 0.118. The molecule has 1 heteroatoms. The van der Waals surface area contributed by atoms with Gasteiger partial charge in [-0.3, -0.25) is 0 Å². The number of piperidine rings is 1. The fourth-order valence-electron chi connectivity index (χ4n) is 2.72. The van der Waals surface area contributed by atoms with Crippen LogP contribution in [-0.4, -0.2) is 24.0 Å². The van der Waals surface area contributed by atoms with Gasteiger partial charge in [0.05, 0.1) is 0 Å². The average Bonchev–Trinajstić information content (AvgIpc) is 3.01. The van der Waals surface area contributed by atoms with Crippen molar-refractivity contribution in [2.45, 2.75) is 66.3 Å². The summed E-state index contributed by atoms with van der Waals surface area (Å²) in [6.45, 7) is 13.8. The average molecular weight is 211 g/mol. The molecule has 1 nitrogen and oxygen atoms in total. The van der Waals surface area contributed by atoms with Crippen LogP contribution >= 0.6 is 0 Å². The van der Waals surface area contributed by atoms with Crippen LogP contribution in [0.2, 0.25) is 0 Å². The Morgan fingerprint density at radius 1 is 1.07 bits per heavy atom. The minimum Gasteiger partial charge on any atom is -0.301 e. The Morgan fingerprint density at radius 2 is 1.53 bits per heavy atom. The molecule has 2 fully saturated rings. The van der Waals surface area contributed by atoms with Crippen molar-refractivity contribution in [2.24, 2.45) is 11.3 Å². The van der Waals surface area contributed by atoms with Crippen LogP contribution in [0.1, 0.15) is 60.3 Å². The smallest absolute Gasteiger partial charge is 0.00385 e. The fourth-order valence-corrected chi connectivity index (χ4v) is 2.72. The molecule has 0 amide bonds. The molecule has 1 aliphatic carbocycles. The Morgan fingerprint density at radius 3 is 1.87 bits per heavy atom. The molecule has 0 aromatic rings. The Bertz CT molecular complexity index is 174. The van der Waals surface area contributed by atoms with E-state index in [0.717, 1.165) is 17.4 Å². The molecule has 0 aromatic carbocycles. The topological polar surface area (TPSA) is 3.24 Å². The highest BCUT2D eigenvalue weighted by Gasteiger charge is 2.45. The largest absolute Gasteiger partial charge is 0.301 e. The molecule has 0 spiro atoms. The second-order valence-electron chi connectivity index (χ2n) is 5.56. The molecule has 0 aromatic heterocycles. The third-order valence-corrected chi connectivity index (χ3v) is 4.28. The van der Waals surface area contributed by atoms with E-state index >= 15 is 0 Å². The lowest BCUT2D eigenvalue weighted by Gasteiger charge is -2.37. The number of rotatable bonds is 2. The van der Waals surface area contributed by atoms with Gasteiger partial charge in [0, 0.05) is 6.04 Å². The molecule has 0 radical (unpaired) electrons. The summed E-state index contributed by atoms with van der Waals surface area (Å²) < 4.78 is 0. The van der Waals surface area contributed by atoms with Crippen molar-refractivity contribution >= 4 is 0 Å². The van der Waals surface area contributed by atoms with Gasteiger partial charge in [-0.2, -0.15) is 0 Å². The molecule has 15 heavy (non-hydrogen) atoms. The van der Waals surface area contributed by atoms with E-state index in [4.69, 9.17) is 0 Å². The van der Waals surface area contributed by atoms with Crippen LogP contribution in [0.5, 0.6) is 0 Å². The molecule has 1 saturated carbocycles. The van der Waals surface area contributed by atoms with E-state index in [1.165, 1.54) is 38.8 Å². The predicted octanol–water partition coefficient (Wildman–Crippen LogP) is 3.93. The third-order valence-electron chi connectivity index (χ3n) is 4.28. The first-order chi connectivity index (χ1) is 7.12. The van der Waals surface area contributed by atoms with E-state index in [9.17, 15) is 0 Å². The van der Waals surface area contributed by atoms with Crippen LogP contribution < -0.4 is 0 Å². The molecular formula is C14H29N. The fraction of sp³-hybridized carbons (Fsp3) is 1.00. The SMILES string of the molecule is CC.CC(C)N1CCC(C2(C)CC2)CC1. The van der Waals surface area contributed by atoms with Crippen molar-refractivity contribution in [2.75, 3.05) is 13.1 Å².